The topological polar surface area (TPSA) is 66.8 Å². The maximum Gasteiger partial charge on any atom is 0.335 e. The van der Waals surface area contributed by atoms with Crippen LogP contribution in [-0.2, 0) is 9.53 Å². The zero-order valence-corrected chi connectivity index (χ0v) is 23.4. The first kappa shape index (κ1) is 27.6. The number of carboxylic acid groups (broad SMARTS) is 1. The number of hydrogen-bond donors (Lipinski definition) is 1. The fourth-order valence-corrected chi connectivity index (χ4v) is 5.62. The van der Waals surface area contributed by atoms with Crippen LogP contribution in [0.15, 0.2) is 78.9 Å². The number of rotatable bonds is 9. The Hall–Kier alpha value is -3.96. The van der Waals surface area contributed by atoms with Gasteiger partial charge in [0.2, 0.25) is 5.91 Å². The molecule has 1 N–H and O–H groups in total. The number of carbonyl (C=O) groups is 2. The molecular formula is C35H37NO4. The smallest absolute Gasteiger partial charge is 0.335 e. The predicted molar refractivity (Wildman–Crippen MR) is 161 cm³/mol. The van der Waals surface area contributed by atoms with E-state index in [9.17, 15) is 14.7 Å². The van der Waals surface area contributed by atoms with Gasteiger partial charge in [-0.3, -0.25) is 4.79 Å². The normalized spacial score (nSPS) is 14.0. The van der Waals surface area contributed by atoms with Gasteiger partial charge in [0, 0.05) is 19.7 Å². The fraction of sp³-hybridized carbons (Fsp3) is 0.314. The molecule has 4 aromatic carbocycles. The van der Waals surface area contributed by atoms with Gasteiger partial charge < -0.3 is 14.7 Å². The van der Waals surface area contributed by atoms with Gasteiger partial charge >= 0.3 is 5.97 Å². The Morgan fingerprint density at radius 3 is 2.20 bits per heavy atom. The van der Waals surface area contributed by atoms with E-state index in [1.165, 1.54) is 11.1 Å². The summed E-state index contributed by atoms with van der Waals surface area (Å²) in [6, 6.07) is 26.7. The highest BCUT2D eigenvalue weighted by Crippen LogP contribution is 2.35. The quantitative estimate of drug-likeness (QED) is 0.223. The molecule has 5 nitrogen and oxygen atoms in total. The van der Waals surface area contributed by atoms with Crippen molar-refractivity contribution in [2.24, 2.45) is 0 Å². The lowest BCUT2D eigenvalue weighted by Crippen LogP contribution is -2.38. The van der Waals surface area contributed by atoms with Crippen LogP contribution in [-0.4, -0.2) is 48.2 Å². The Labute approximate surface area is 236 Å². The van der Waals surface area contributed by atoms with E-state index in [0.29, 0.717) is 25.6 Å². The summed E-state index contributed by atoms with van der Waals surface area (Å²) in [4.78, 5) is 26.5. The van der Waals surface area contributed by atoms with E-state index in [4.69, 9.17) is 4.74 Å². The van der Waals surface area contributed by atoms with Gasteiger partial charge in [-0.2, -0.15) is 0 Å². The van der Waals surface area contributed by atoms with Gasteiger partial charge in [0.1, 0.15) is 0 Å². The van der Waals surface area contributed by atoms with E-state index in [0.717, 1.165) is 65.4 Å². The third-order valence-corrected chi connectivity index (χ3v) is 7.93. The monoisotopic (exact) mass is 535 g/mol. The van der Waals surface area contributed by atoms with Crippen LogP contribution in [0.25, 0.3) is 33.0 Å². The van der Waals surface area contributed by atoms with Crippen molar-refractivity contribution in [1.29, 1.82) is 0 Å². The van der Waals surface area contributed by atoms with Gasteiger partial charge in [-0.05, 0) is 88.9 Å². The largest absolute Gasteiger partial charge is 0.478 e. The van der Waals surface area contributed by atoms with Crippen molar-refractivity contribution in [3.8, 4) is 22.3 Å². The summed E-state index contributed by atoms with van der Waals surface area (Å²) in [6.07, 6.45) is 3.31. The Kier molecular flexibility index (Phi) is 8.61. The van der Waals surface area contributed by atoms with E-state index in [1.807, 2.05) is 4.90 Å². The zero-order chi connectivity index (χ0) is 28.1. The standard InChI is InChI=1S/C35H37NO4/c1-3-19-40-20-16-34(37)36-17-14-27(15-18-36)25-8-10-28(11-9-25)33-23-31(35(38)39)22-30-21-29(12-13-32(30)33)26-6-4-24(2)5-7-26/h4-13,21-23,27H,3,14-20H2,1-2H3,(H,38,39). The summed E-state index contributed by atoms with van der Waals surface area (Å²) >= 11 is 0. The lowest BCUT2D eigenvalue weighted by molar-refractivity contribution is -0.133. The molecular weight excluding hydrogens is 498 g/mol. The lowest BCUT2D eigenvalue weighted by Gasteiger charge is -2.32. The molecule has 40 heavy (non-hydrogen) atoms. The van der Waals surface area contributed by atoms with Crippen molar-refractivity contribution in [3.63, 3.8) is 0 Å². The van der Waals surface area contributed by atoms with E-state index in [1.54, 1.807) is 12.1 Å². The molecule has 0 atom stereocenters. The molecule has 1 aliphatic heterocycles. The van der Waals surface area contributed by atoms with Crippen molar-refractivity contribution >= 4 is 22.6 Å². The molecule has 0 spiro atoms. The highest BCUT2D eigenvalue weighted by atomic mass is 16.5. The number of piperidine rings is 1. The van der Waals surface area contributed by atoms with Gasteiger partial charge in [0.25, 0.3) is 0 Å². The van der Waals surface area contributed by atoms with Crippen molar-refractivity contribution < 1.29 is 19.4 Å². The van der Waals surface area contributed by atoms with E-state index in [-0.39, 0.29) is 11.5 Å². The highest BCUT2D eigenvalue weighted by Gasteiger charge is 2.24. The molecule has 5 heteroatoms. The zero-order valence-electron chi connectivity index (χ0n) is 23.4. The highest BCUT2D eigenvalue weighted by molar-refractivity contribution is 6.04. The Morgan fingerprint density at radius 1 is 0.850 bits per heavy atom. The van der Waals surface area contributed by atoms with Crippen LogP contribution >= 0.6 is 0 Å². The number of nitrogens with zero attached hydrogens (tertiary/aromatic N) is 1. The second-order valence-electron chi connectivity index (χ2n) is 10.8. The number of ether oxygens (including phenoxy) is 1. The van der Waals surface area contributed by atoms with Gasteiger partial charge in [0.05, 0.1) is 18.6 Å². The molecule has 1 saturated heterocycles. The van der Waals surface area contributed by atoms with Crippen molar-refractivity contribution in [1.82, 2.24) is 4.90 Å². The van der Waals surface area contributed by atoms with Crippen LogP contribution in [0.2, 0.25) is 0 Å². The summed E-state index contributed by atoms with van der Waals surface area (Å²) in [6.45, 7) is 6.88. The number of amides is 1. The second kappa shape index (κ2) is 12.5. The average molecular weight is 536 g/mol. The molecule has 5 rings (SSSR count). The van der Waals surface area contributed by atoms with Crippen LogP contribution in [0.3, 0.4) is 0 Å². The number of benzene rings is 4. The van der Waals surface area contributed by atoms with Gasteiger partial charge in [-0.25, -0.2) is 4.79 Å². The number of aromatic carboxylic acids is 1. The van der Waals surface area contributed by atoms with Crippen molar-refractivity contribution in [2.75, 3.05) is 26.3 Å². The van der Waals surface area contributed by atoms with Crippen molar-refractivity contribution in [3.05, 3.63) is 95.6 Å². The first-order valence-electron chi connectivity index (χ1n) is 14.3. The molecule has 1 aliphatic rings. The summed E-state index contributed by atoms with van der Waals surface area (Å²) in [5, 5.41) is 11.8. The van der Waals surface area contributed by atoms with Gasteiger partial charge in [-0.15, -0.1) is 0 Å². The molecule has 0 saturated carbocycles. The first-order chi connectivity index (χ1) is 19.4. The molecule has 4 aromatic rings. The molecule has 206 valence electrons. The van der Waals surface area contributed by atoms with Crippen LogP contribution in [0, 0.1) is 6.92 Å². The molecule has 0 unspecified atom stereocenters. The summed E-state index contributed by atoms with van der Waals surface area (Å²) in [7, 11) is 0. The Bertz CT molecular complexity index is 1480. The average Bonchev–Trinajstić information content (AvgIpc) is 2.99. The van der Waals surface area contributed by atoms with Crippen LogP contribution < -0.4 is 0 Å². The predicted octanol–water partition coefficient (Wildman–Crippen LogP) is 7.70. The number of hydrogen-bond acceptors (Lipinski definition) is 3. The van der Waals surface area contributed by atoms with E-state index in [2.05, 4.69) is 80.6 Å². The lowest BCUT2D eigenvalue weighted by atomic mass is 9.87. The SMILES string of the molecule is CCCOCCC(=O)N1CCC(c2ccc(-c3cc(C(=O)O)cc4cc(-c5ccc(C)cc5)ccc34)cc2)CC1. The third kappa shape index (κ3) is 6.26. The minimum Gasteiger partial charge on any atom is -0.478 e. The minimum atomic E-state index is -0.932. The molecule has 1 amide bonds. The van der Waals surface area contributed by atoms with Gasteiger partial charge in [0.15, 0.2) is 0 Å². The number of aryl methyl sites for hydroxylation is 1. The summed E-state index contributed by atoms with van der Waals surface area (Å²) < 4.78 is 5.48. The van der Waals surface area contributed by atoms with E-state index < -0.39 is 5.97 Å². The number of fused-ring (bicyclic) bond motifs is 1. The minimum absolute atomic E-state index is 0.181. The van der Waals surface area contributed by atoms with Crippen LogP contribution in [0.4, 0.5) is 0 Å². The number of likely N-dealkylation sites (tertiary alicyclic amines) is 1. The molecule has 0 radical (unpaired) electrons. The Balaban J connectivity index is 1.34. The number of carbonyl (C=O) groups excluding carboxylic acids is 1. The third-order valence-electron chi connectivity index (χ3n) is 7.93. The van der Waals surface area contributed by atoms with Crippen molar-refractivity contribution in [2.45, 2.75) is 45.4 Å². The molecule has 1 heterocycles. The van der Waals surface area contributed by atoms with Gasteiger partial charge in [-0.1, -0.05) is 73.2 Å². The van der Waals surface area contributed by atoms with E-state index >= 15 is 0 Å². The summed E-state index contributed by atoms with van der Waals surface area (Å²) in [5.74, 6) is -0.340. The first-order valence-corrected chi connectivity index (χ1v) is 14.3. The fourth-order valence-electron chi connectivity index (χ4n) is 5.62. The van der Waals surface area contributed by atoms with Crippen LogP contribution in [0.5, 0.6) is 0 Å². The Morgan fingerprint density at radius 2 is 1.52 bits per heavy atom. The maximum atomic E-state index is 12.5. The summed E-state index contributed by atoms with van der Waals surface area (Å²) in [5.41, 5.74) is 6.84. The number of carboxylic acids is 1. The molecule has 1 fully saturated rings. The second-order valence-corrected chi connectivity index (χ2v) is 10.8. The molecule has 0 aromatic heterocycles. The van der Waals surface area contributed by atoms with Crippen LogP contribution in [0.1, 0.15) is 60.0 Å². The molecule has 0 aliphatic carbocycles. The molecule has 0 bridgehead atoms. The maximum absolute atomic E-state index is 12.5.